The lowest BCUT2D eigenvalue weighted by molar-refractivity contribution is -0.124. The highest BCUT2D eigenvalue weighted by Crippen LogP contribution is 2.44. The number of hydrogen-bond donors (Lipinski definition) is 0. The van der Waals surface area contributed by atoms with Crippen molar-refractivity contribution in [1.29, 1.82) is 0 Å². The molecule has 4 amide bonds. The molecule has 1 fully saturated rings. The molecule has 1 saturated heterocycles. The third kappa shape index (κ3) is 5.07. The van der Waals surface area contributed by atoms with E-state index in [9.17, 15) is 19.2 Å². The number of fused-ring (bicyclic) bond motifs is 1. The fourth-order valence-corrected chi connectivity index (χ4v) is 6.00. The van der Waals surface area contributed by atoms with Gasteiger partial charge in [-0.15, -0.1) is 0 Å². The van der Waals surface area contributed by atoms with E-state index in [2.05, 4.69) is 13.8 Å². The molecule has 8 heteroatoms. The molecule has 1 unspecified atom stereocenters. The summed E-state index contributed by atoms with van der Waals surface area (Å²) in [6.07, 6.45) is 0.955. The maximum absolute atomic E-state index is 13.9. The van der Waals surface area contributed by atoms with Crippen molar-refractivity contribution in [3.8, 4) is 0 Å². The average molecular weight is 554 g/mol. The number of nitrogens with zero attached hydrogens (tertiary/aromatic N) is 3. The van der Waals surface area contributed by atoms with Crippen LogP contribution < -0.4 is 9.80 Å². The van der Waals surface area contributed by atoms with Crippen LogP contribution in [0.25, 0.3) is 5.57 Å². The number of imide groups is 1. The van der Waals surface area contributed by atoms with Gasteiger partial charge in [-0.2, -0.15) is 0 Å². The first-order valence-corrected chi connectivity index (χ1v) is 14.1. The Balaban J connectivity index is 1.45. The molecule has 0 aromatic heterocycles. The molecule has 0 radical (unpaired) electrons. The summed E-state index contributed by atoms with van der Waals surface area (Å²) in [4.78, 5) is 57.9. The number of thioether (sulfide) groups is 1. The summed E-state index contributed by atoms with van der Waals surface area (Å²) in [7, 11) is 1.64. The molecule has 3 aromatic carbocycles. The number of rotatable bonds is 7. The maximum Gasteiger partial charge on any atom is 0.295 e. The van der Waals surface area contributed by atoms with Crippen LogP contribution in [0.2, 0.25) is 0 Å². The van der Waals surface area contributed by atoms with Crippen molar-refractivity contribution in [2.75, 3.05) is 23.5 Å². The van der Waals surface area contributed by atoms with Crippen LogP contribution >= 0.6 is 11.8 Å². The Labute approximate surface area is 238 Å². The normalized spacial score (nSPS) is 17.6. The van der Waals surface area contributed by atoms with Gasteiger partial charge < -0.3 is 4.90 Å². The highest BCUT2D eigenvalue weighted by Gasteiger charge is 2.44. The molecule has 2 aliphatic rings. The molecule has 2 aliphatic heterocycles. The van der Waals surface area contributed by atoms with Gasteiger partial charge in [0, 0.05) is 18.3 Å². The lowest BCUT2D eigenvalue weighted by Gasteiger charge is -2.29. The number of amides is 4. The third-order valence-electron chi connectivity index (χ3n) is 7.24. The van der Waals surface area contributed by atoms with Crippen molar-refractivity contribution in [3.63, 3.8) is 0 Å². The minimum absolute atomic E-state index is 0.0843. The summed E-state index contributed by atoms with van der Waals surface area (Å²) >= 11 is 0.740. The van der Waals surface area contributed by atoms with E-state index < -0.39 is 17.1 Å². The molecule has 0 spiro atoms. The van der Waals surface area contributed by atoms with Gasteiger partial charge in [0.05, 0.1) is 22.1 Å². The SMILES string of the molecule is CC(C)Cc1ccc(C(C)C(=O)N(CN2C(=O)SC(=C3C(=O)N(C)c4ccccc43)C2=O)c2ccccc2)cc1. The molecule has 0 N–H and O–H groups in total. The second-order valence-electron chi connectivity index (χ2n) is 10.5. The molecule has 40 heavy (non-hydrogen) atoms. The van der Waals surface area contributed by atoms with Gasteiger partial charge in [0.15, 0.2) is 0 Å². The number of carbonyl (C=O) groups is 4. The van der Waals surface area contributed by atoms with Gasteiger partial charge in [0.1, 0.15) is 6.67 Å². The number of hydrogen-bond acceptors (Lipinski definition) is 5. The quantitative estimate of drug-likeness (QED) is 0.332. The highest BCUT2D eigenvalue weighted by molar-refractivity contribution is 8.18. The summed E-state index contributed by atoms with van der Waals surface area (Å²) < 4.78 is 0. The van der Waals surface area contributed by atoms with Crippen LogP contribution in [0.4, 0.5) is 16.2 Å². The molecule has 0 saturated carbocycles. The Kier molecular flexibility index (Phi) is 7.63. The number of benzene rings is 3. The summed E-state index contributed by atoms with van der Waals surface area (Å²) in [5, 5.41) is -0.522. The highest BCUT2D eigenvalue weighted by atomic mass is 32.2. The molecule has 2 heterocycles. The summed E-state index contributed by atoms with van der Waals surface area (Å²) in [6, 6.07) is 24.2. The van der Waals surface area contributed by atoms with Crippen molar-refractivity contribution >= 4 is 51.7 Å². The van der Waals surface area contributed by atoms with E-state index in [1.807, 2.05) is 43.3 Å². The summed E-state index contributed by atoms with van der Waals surface area (Å²) in [6.45, 7) is 5.90. The molecule has 0 aliphatic carbocycles. The predicted octanol–water partition coefficient (Wildman–Crippen LogP) is 6.06. The molecule has 5 rings (SSSR count). The fourth-order valence-electron chi connectivity index (χ4n) is 5.08. The molecular weight excluding hydrogens is 522 g/mol. The molecule has 1 atom stereocenters. The van der Waals surface area contributed by atoms with Crippen LogP contribution in [0, 0.1) is 5.92 Å². The molecular formula is C32H31N3O4S. The standard InChI is InChI=1S/C32H31N3O4S/c1-20(2)18-22-14-16-23(17-15-22)21(3)29(36)34(24-10-6-5-7-11-24)19-35-31(38)28(40-32(35)39)27-25-12-8-9-13-26(25)33(4)30(27)37/h5-17,20-21H,18-19H2,1-4H3. The van der Waals surface area contributed by atoms with Gasteiger partial charge in [-0.1, -0.05) is 74.5 Å². The van der Waals surface area contributed by atoms with E-state index in [1.54, 1.807) is 49.5 Å². The van der Waals surface area contributed by atoms with Crippen LogP contribution in [0.5, 0.6) is 0 Å². The van der Waals surface area contributed by atoms with Gasteiger partial charge in [0.2, 0.25) is 5.91 Å². The Hall–Kier alpha value is -4.17. The zero-order valence-corrected chi connectivity index (χ0v) is 23.8. The van der Waals surface area contributed by atoms with Crippen molar-refractivity contribution in [2.45, 2.75) is 33.1 Å². The van der Waals surface area contributed by atoms with Crippen molar-refractivity contribution in [3.05, 3.63) is 100 Å². The number of para-hydroxylation sites is 2. The number of anilines is 2. The van der Waals surface area contributed by atoms with E-state index in [4.69, 9.17) is 0 Å². The smallest absolute Gasteiger partial charge is 0.295 e. The lowest BCUT2D eigenvalue weighted by Crippen LogP contribution is -2.45. The maximum atomic E-state index is 13.9. The first-order chi connectivity index (χ1) is 19.2. The van der Waals surface area contributed by atoms with E-state index in [0.29, 0.717) is 22.9 Å². The van der Waals surface area contributed by atoms with E-state index >= 15 is 0 Å². The van der Waals surface area contributed by atoms with Crippen molar-refractivity contribution < 1.29 is 19.2 Å². The zero-order chi connectivity index (χ0) is 28.6. The number of carbonyl (C=O) groups excluding carboxylic acids is 4. The van der Waals surface area contributed by atoms with Crippen molar-refractivity contribution in [1.82, 2.24) is 4.90 Å². The second-order valence-corrected chi connectivity index (χ2v) is 11.5. The van der Waals surface area contributed by atoms with Crippen LogP contribution in [0.15, 0.2) is 83.8 Å². The second kappa shape index (κ2) is 11.1. The minimum atomic E-state index is -0.581. The summed E-state index contributed by atoms with van der Waals surface area (Å²) in [5.41, 5.74) is 4.15. The molecule has 204 valence electrons. The minimum Gasteiger partial charge on any atom is -0.311 e. The van der Waals surface area contributed by atoms with Crippen LogP contribution in [-0.4, -0.2) is 41.6 Å². The molecule has 7 nitrogen and oxygen atoms in total. The average Bonchev–Trinajstić information content (AvgIpc) is 3.37. The first-order valence-electron chi connectivity index (χ1n) is 13.3. The topological polar surface area (TPSA) is 78.0 Å². The van der Waals surface area contributed by atoms with Crippen LogP contribution in [-0.2, 0) is 20.8 Å². The Bertz CT molecular complexity index is 1510. The Morgan fingerprint density at radius 3 is 2.17 bits per heavy atom. The van der Waals surface area contributed by atoms with Crippen LogP contribution in [0.3, 0.4) is 0 Å². The summed E-state index contributed by atoms with van der Waals surface area (Å²) in [5.74, 6) is -1.14. The Morgan fingerprint density at radius 1 is 0.850 bits per heavy atom. The first kappa shape index (κ1) is 27.4. The third-order valence-corrected chi connectivity index (χ3v) is 8.22. The van der Waals surface area contributed by atoms with E-state index in [1.165, 1.54) is 15.4 Å². The fraction of sp³-hybridized carbons (Fsp3) is 0.250. The van der Waals surface area contributed by atoms with E-state index in [0.717, 1.165) is 28.6 Å². The zero-order valence-electron chi connectivity index (χ0n) is 23.0. The molecule has 3 aromatic rings. The van der Waals surface area contributed by atoms with Gasteiger partial charge in [-0.3, -0.25) is 24.1 Å². The van der Waals surface area contributed by atoms with Crippen LogP contribution in [0.1, 0.15) is 43.4 Å². The Morgan fingerprint density at radius 2 is 1.50 bits per heavy atom. The largest absolute Gasteiger partial charge is 0.311 e. The predicted molar refractivity (Wildman–Crippen MR) is 159 cm³/mol. The van der Waals surface area contributed by atoms with Gasteiger partial charge in [0.25, 0.3) is 17.1 Å². The van der Waals surface area contributed by atoms with Gasteiger partial charge in [-0.05, 0) is 60.4 Å². The molecule has 0 bridgehead atoms. The van der Waals surface area contributed by atoms with Gasteiger partial charge >= 0.3 is 0 Å². The van der Waals surface area contributed by atoms with Crippen molar-refractivity contribution in [2.24, 2.45) is 5.92 Å². The lowest BCUT2D eigenvalue weighted by atomic mass is 9.96. The van der Waals surface area contributed by atoms with Gasteiger partial charge in [-0.25, -0.2) is 4.90 Å². The van der Waals surface area contributed by atoms with E-state index in [-0.39, 0.29) is 29.0 Å². The number of likely N-dealkylation sites (N-methyl/N-ethyl adjacent to an activating group) is 1. The monoisotopic (exact) mass is 553 g/mol.